The lowest BCUT2D eigenvalue weighted by Gasteiger charge is -2.23. The standard InChI is InChI=1S/C19H19F3N2O3/c1-3-27-16-7-5-4-6-15(16)24(12(2)25)11-10-23-19(26)13-8-9-14(20)18(22)17(13)21/h4-9H,3,10-11H2,1-2H3,(H,23,26). The Hall–Kier alpha value is -3.03. The van der Waals surface area contributed by atoms with Crippen LogP contribution in [0, 0.1) is 17.5 Å². The summed E-state index contributed by atoms with van der Waals surface area (Å²) in [6, 6.07) is 8.44. The van der Waals surface area contributed by atoms with Crippen molar-refractivity contribution in [2.45, 2.75) is 13.8 Å². The molecule has 0 atom stereocenters. The number of anilines is 1. The molecule has 27 heavy (non-hydrogen) atoms. The van der Waals surface area contributed by atoms with Crippen LogP contribution >= 0.6 is 0 Å². The third-order valence-electron chi connectivity index (χ3n) is 3.74. The van der Waals surface area contributed by atoms with Gasteiger partial charge in [0.05, 0.1) is 17.9 Å². The summed E-state index contributed by atoms with van der Waals surface area (Å²) >= 11 is 0. The van der Waals surface area contributed by atoms with E-state index in [1.54, 1.807) is 24.3 Å². The molecule has 1 N–H and O–H groups in total. The van der Waals surface area contributed by atoms with Gasteiger partial charge in [0.1, 0.15) is 5.75 Å². The molecule has 2 rings (SSSR count). The first kappa shape index (κ1) is 20.3. The van der Waals surface area contributed by atoms with Gasteiger partial charge >= 0.3 is 0 Å². The van der Waals surface area contributed by atoms with Gasteiger partial charge in [-0.15, -0.1) is 0 Å². The second-order valence-electron chi connectivity index (χ2n) is 5.55. The summed E-state index contributed by atoms with van der Waals surface area (Å²) in [4.78, 5) is 25.4. The average Bonchev–Trinajstić information content (AvgIpc) is 2.64. The minimum absolute atomic E-state index is 0.0304. The molecule has 0 aromatic heterocycles. The predicted molar refractivity (Wildman–Crippen MR) is 94.3 cm³/mol. The van der Waals surface area contributed by atoms with Crippen LogP contribution in [-0.2, 0) is 4.79 Å². The van der Waals surface area contributed by atoms with Gasteiger partial charge in [-0.3, -0.25) is 9.59 Å². The van der Waals surface area contributed by atoms with Crippen LogP contribution in [0.3, 0.4) is 0 Å². The van der Waals surface area contributed by atoms with E-state index in [0.717, 1.165) is 6.07 Å². The molecule has 0 heterocycles. The molecule has 0 aliphatic heterocycles. The zero-order valence-electron chi connectivity index (χ0n) is 14.9. The summed E-state index contributed by atoms with van der Waals surface area (Å²) in [5.74, 6) is -5.33. The number of halogens is 3. The van der Waals surface area contributed by atoms with Crippen molar-refractivity contribution in [3.8, 4) is 5.75 Å². The number of nitrogens with zero attached hydrogens (tertiary/aromatic N) is 1. The Morgan fingerprint density at radius 1 is 1.07 bits per heavy atom. The molecule has 144 valence electrons. The maximum absolute atomic E-state index is 13.7. The average molecular weight is 380 g/mol. The fraction of sp³-hybridized carbons (Fsp3) is 0.263. The second kappa shape index (κ2) is 9.07. The zero-order valence-corrected chi connectivity index (χ0v) is 14.9. The van der Waals surface area contributed by atoms with Crippen LogP contribution < -0.4 is 15.0 Å². The molecule has 2 aromatic carbocycles. The van der Waals surface area contributed by atoms with E-state index in [2.05, 4.69) is 5.32 Å². The highest BCUT2D eigenvalue weighted by Crippen LogP contribution is 2.28. The molecule has 0 spiro atoms. The molecule has 0 aliphatic rings. The zero-order chi connectivity index (χ0) is 20.0. The van der Waals surface area contributed by atoms with E-state index in [-0.39, 0.29) is 19.0 Å². The van der Waals surface area contributed by atoms with E-state index in [9.17, 15) is 22.8 Å². The minimum atomic E-state index is -1.71. The number of carbonyl (C=O) groups is 2. The van der Waals surface area contributed by atoms with E-state index >= 15 is 0 Å². The molecule has 0 radical (unpaired) electrons. The van der Waals surface area contributed by atoms with Gasteiger partial charge in [0.25, 0.3) is 5.91 Å². The van der Waals surface area contributed by atoms with Crippen molar-refractivity contribution in [3.05, 3.63) is 59.4 Å². The highest BCUT2D eigenvalue weighted by atomic mass is 19.2. The number of nitrogens with one attached hydrogen (secondary N) is 1. The highest BCUT2D eigenvalue weighted by Gasteiger charge is 2.20. The van der Waals surface area contributed by atoms with Crippen molar-refractivity contribution >= 4 is 17.5 Å². The molecule has 0 bridgehead atoms. The molecule has 0 saturated carbocycles. The SMILES string of the molecule is CCOc1ccccc1N(CCNC(=O)c1ccc(F)c(F)c1F)C(C)=O. The van der Waals surface area contributed by atoms with Crippen LogP contribution in [-0.4, -0.2) is 31.5 Å². The molecule has 0 aliphatic carbocycles. The lowest BCUT2D eigenvalue weighted by atomic mass is 10.2. The van der Waals surface area contributed by atoms with Crippen LogP contribution in [0.4, 0.5) is 18.9 Å². The van der Waals surface area contributed by atoms with Crippen molar-refractivity contribution < 1.29 is 27.5 Å². The van der Waals surface area contributed by atoms with Gasteiger partial charge < -0.3 is 15.0 Å². The van der Waals surface area contributed by atoms with Crippen molar-refractivity contribution in [2.24, 2.45) is 0 Å². The van der Waals surface area contributed by atoms with Crippen LogP contribution in [0.5, 0.6) is 5.75 Å². The Labute approximate surface area is 154 Å². The fourth-order valence-electron chi connectivity index (χ4n) is 2.48. The lowest BCUT2D eigenvalue weighted by molar-refractivity contribution is -0.116. The van der Waals surface area contributed by atoms with Crippen LogP contribution in [0.25, 0.3) is 0 Å². The van der Waals surface area contributed by atoms with E-state index in [1.165, 1.54) is 11.8 Å². The number of amides is 2. The third-order valence-corrected chi connectivity index (χ3v) is 3.74. The molecule has 0 fully saturated rings. The molecule has 2 aromatic rings. The Bertz CT molecular complexity index is 843. The summed E-state index contributed by atoms with van der Waals surface area (Å²) in [5, 5.41) is 2.39. The maximum Gasteiger partial charge on any atom is 0.254 e. The Morgan fingerprint density at radius 2 is 1.78 bits per heavy atom. The van der Waals surface area contributed by atoms with E-state index in [0.29, 0.717) is 24.1 Å². The maximum atomic E-state index is 13.7. The van der Waals surface area contributed by atoms with Crippen molar-refractivity contribution in [2.75, 3.05) is 24.6 Å². The monoisotopic (exact) mass is 380 g/mol. The molecule has 0 unspecified atom stereocenters. The van der Waals surface area contributed by atoms with E-state index < -0.39 is 28.9 Å². The van der Waals surface area contributed by atoms with Gasteiger partial charge in [-0.2, -0.15) is 0 Å². The van der Waals surface area contributed by atoms with Crippen molar-refractivity contribution in [1.82, 2.24) is 5.32 Å². The topological polar surface area (TPSA) is 58.6 Å². The molecular weight excluding hydrogens is 361 g/mol. The summed E-state index contributed by atoms with van der Waals surface area (Å²) in [7, 11) is 0. The molecule has 0 saturated heterocycles. The number of para-hydroxylation sites is 2. The lowest BCUT2D eigenvalue weighted by Crippen LogP contribution is -2.38. The number of hydrogen-bond acceptors (Lipinski definition) is 3. The Morgan fingerprint density at radius 3 is 2.44 bits per heavy atom. The third kappa shape index (κ3) is 4.78. The highest BCUT2D eigenvalue weighted by molar-refractivity contribution is 5.95. The Kier molecular flexibility index (Phi) is 6.81. The van der Waals surface area contributed by atoms with Gasteiger partial charge in [0.2, 0.25) is 5.91 Å². The van der Waals surface area contributed by atoms with Gasteiger partial charge in [-0.05, 0) is 31.2 Å². The number of carbonyl (C=O) groups excluding carboxylic acids is 2. The summed E-state index contributed by atoms with van der Waals surface area (Å²) < 4.78 is 45.4. The molecular formula is C19H19F3N2O3. The molecule has 2 amide bonds. The Balaban J connectivity index is 2.09. The van der Waals surface area contributed by atoms with Crippen molar-refractivity contribution in [3.63, 3.8) is 0 Å². The number of ether oxygens (including phenoxy) is 1. The van der Waals surface area contributed by atoms with Crippen LogP contribution in [0.2, 0.25) is 0 Å². The first-order valence-corrected chi connectivity index (χ1v) is 8.28. The van der Waals surface area contributed by atoms with Gasteiger partial charge in [-0.25, -0.2) is 13.2 Å². The molecule has 8 heteroatoms. The first-order chi connectivity index (χ1) is 12.9. The van der Waals surface area contributed by atoms with Gasteiger partial charge in [0, 0.05) is 20.0 Å². The quantitative estimate of drug-likeness (QED) is 0.750. The van der Waals surface area contributed by atoms with Gasteiger partial charge in [-0.1, -0.05) is 12.1 Å². The fourth-order valence-corrected chi connectivity index (χ4v) is 2.48. The normalized spacial score (nSPS) is 10.4. The van der Waals surface area contributed by atoms with Crippen LogP contribution in [0.15, 0.2) is 36.4 Å². The number of rotatable bonds is 7. The number of benzene rings is 2. The van der Waals surface area contributed by atoms with E-state index in [4.69, 9.17) is 4.74 Å². The van der Waals surface area contributed by atoms with Crippen LogP contribution in [0.1, 0.15) is 24.2 Å². The van der Waals surface area contributed by atoms with Gasteiger partial charge in [0.15, 0.2) is 17.5 Å². The van der Waals surface area contributed by atoms with E-state index in [1.807, 2.05) is 6.92 Å². The predicted octanol–water partition coefficient (Wildman–Crippen LogP) is 3.29. The largest absolute Gasteiger partial charge is 0.492 e. The summed E-state index contributed by atoms with van der Waals surface area (Å²) in [6.07, 6.45) is 0. The number of hydrogen-bond donors (Lipinski definition) is 1. The summed E-state index contributed by atoms with van der Waals surface area (Å²) in [5.41, 5.74) is -0.0851. The summed E-state index contributed by atoms with van der Waals surface area (Å²) in [6.45, 7) is 3.63. The first-order valence-electron chi connectivity index (χ1n) is 8.28. The second-order valence-corrected chi connectivity index (χ2v) is 5.55. The van der Waals surface area contributed by atoms with Crippen molar-refractivity contribution in [1.29, 1.82) is 0 Å². The molecule has 5 nitrogen and oxygen atoms in total. The smallest absolute Gasteiger partial charge is 0.254 e. The minimum Gasteiger partial charge on any atom is -0.492 e.